The highest BCUT2D eigenvalue weighted by Crippen LogP contribution is 2.52. The van der Waals surface area contributed by atoms with Crippen LogP contribution in [0.3, 0.4) is 0 Å². The van der Waals surface area contributed by atoms with E-state index in [4.69, 9.17) is 0 Å². The van der Waals surface area contributed by atoms with Gasteiger partial charge < -0.3 is 10.2 Å². The largest absolute Gasteiger partial charge is 0.330 e. The number of piperidine rings is 1. The lowest BCUT2D eigenvalue weighted by Crippen LogP contribution is -2.48. The fourth-order valence-electron chi connectivity index (χ4n) is 4.58. The summed E-state index contributed by atoms with van der Waals surface area (Å²) in [4.78, 5) is 15.1. The van der Waals surface area contributed by atoms with Crippen molar-refractivity contribution in [3.63, 3.8) is 0 Å². The third-order valence-corrected chi connectivity index (χ3v) is 5.52. The highest BCUT2D eigenvalue weighted by Gasteiger charge is 2.61. The Hall–Kier alpha value is -1.09. The highest BCUT2D eigenvalue weighted by atomic mass is 16.2. The van der Waals surface area contributed by atoms with E-state index in [1.807, 2.05) is 0 Å². The molecule has 4 rings (SSSR count). The molecule has 1 saturated carbocycles. The summed E-state index contributed by atoms with van der Waals surface area (Å²) in [7, 11) is 0. The van der Waals surface area contributed by atoms with Gasteiger partial charge in [0.05, 0.1) is 6.04 Å². The SMILES string of the molecule is CC1(C)CC2C=CC=CC2N1C(=O)C1[C@H]2CNC[C@@H]12. The number of likely N-dealkylation sites (tertiary alicyclic amines) is 1. The van der Waals surface area contributed by atoms with Crippen molar-refractivity contribution in [2.45, 2.75) is 31.8 Å². The quantitative estimate of drug-likeness (QED) is 0.774. The van der Waals surface area contributed by atoms with Gasteiger partial charge in [0.1, 0.15) is 0 Å². The Labute approximate surface area is 114 Å². The summed E-state index contributed by atoms with van der Waals surface area (Å²) in [6.07, 6.45) is 9.80. The van der Waals surface area contributed by atoms with Gasteiger partial charge in [-0.3, -0.25) is 4.79 Å². The molecule has 19 heavy (non-hydrogen) atoms. The molecule has 5 atom stereocenters. The number of carbonyl (C=O) groups excluding carboxylic acids is 1. The van der Waals surface area contributed by atoms with Gasteiger partial charge >= 0.3 is 0 Å². The first-order valence-corrected chi connectivity index (χ1v) is 7.48. The molecule has 0 aromatic carbocycles. The molecule has 2 aliphatic heterocycles. The van der Waals surface area contributed by atoms with Crippen LogP contribution < -0.4 is 5.32 Å². The molecule has 2 saturated heterocycles. The molecule has 3 unspecified atom stereocenters. The molecule has 2 aliphatic carbocycles. The van der Waals surface area contributed by atoms with Crippen LogP contribution in [0.2, 0.25) is 0 Å². The Morgan fingerprint density at radius 2 is 1.89 bits per heavy atom. The third kappa shape index (κ3) is 1.57. The third-order valence-electron chi connectivity index (χ3n) is 5.52. The maximum Gasteiger partial charge on any atom is 0.227 e. The van der Waals surface area contributed by atoms with E-state index in [1.54, 1.807) is 0 Å². The maximum atomic E-state index is 12.9. The Morgan fingerprint density at radius 1 is 1.21 bits per heavy atom. The van der Waals surface area contributed by atoms with Crippen LogP contribution in [0.4, 0.5) is 0 Å². The van der Waals surface area contributed by atoms with Crippen LogP contribution in [0.25, 0.3) is 0 Å². The van der Waals surface area contributed by atoms with Crippen LogP contribution in [0.5, 0.6) is 0 Å². The zero-order valence-electron chi connectivity index (χ0n) is 11.7. The van der Waals surface area contributed by atoms with Crippen molar-refractivity contribution >= 4 is 5.91 Å². The van der Waals surface area contributed by atoms with E-state index in [2.05, 4.69) is 48.4 Å². The number of amides is 1. The topological polar surface area (TPSA) is 32.3 Å². The van der Waals surface area contributed by atoms with Gasteiger partial charge in [0.2, 0.25) is 5.91 Å². The number of nitrogens with one attached hydrogen (secondary N) is 1. The van der Waals surface area contributed by atoms with Crippen LogP contribution in [-0.2, 0) is 4.79 Å². The fraction of sp³-hybridized carbons (Fsp3) is 0.688. The minimum atomic E-state index is -0.00421. The molecule has 1 N–H and O–H groups in total. The van der Waals surface area contributed by atoms with Crippen LogP contribution in [0.1, 0.15) is 20.3 Å². The smallest absolute Gasteiger partial charge is 0.227 e. The molecule has 1 amide bonds. The number of allylic oxidation sites excluding steroid dienone is 2. The first-order chi connectivity index (χ1) is 9.09. The summed E-state index contributed by atoms with van der Waals surface area (Å²) in [5, 5.41) is 3.38. The minimum Gasteiger partial charge on any atom is -0.330 e. The Bertz CT molecular complexity index is 469. The second-order valence-corrected chi connectivity index (χ2v) is 7.16. The van der Waals surface area contributed by atoms with Crippen molar-refractivity contribution in [3.05, 3.63) is 24.3 Å². The molecule has 0 radical (unpaired) electrons. The fourth-order valence-corrected chi connectivity index (χ4v) is 4.58. The van der Waals surface area contributed by atoms with E-state index in [0.717, 1.165) is 19.5 Å². The average Bonchev–Trinajstić information content (AvgIpc) is 2.73. The van der Waals surface area contributed by atoms with Gasteiger partial charge in [-0.2, -0.15) is 0 Å². The number of carbonyl (C=O) groups is 1. The Kier molecular flexibility index (Phi) is 2.29. The number of hydrogen-bond donors (Lipinski definition) is 1. The molecule has 3 heteroatoms. The highest BCUT2D eigenvalue weighted by molar-refractivity contribution is 5.84. The number of nitrogens with zero attached hydrogens (tertiary/aromatic N) is 1. The molecule has 0 bridgehead atoms. The second kappa shape index (κ2) is 3.72. The van der Waals surface area contributed by atoms with Gasteiger partial charge in [-0.05, 0) is 45.2 Å². The van der Waals surface area contributed by atoms with Crippen LogP contribution in [-0.4, -0.2) is 35.5 Å². The van der Waals surface area contributed by atoms with Crippen molar-refractivity contribution in [2.24, 2.45) is 23.7 Å². The monoisotopic (exact) mass is 258 g/mol. The molecule has 4 aliphatic rings. The molecule has 3 fully saturated rings. The second-order valence-electron chi connectivity index (χ2n) is 7.16. The minimum absolute atomic E-state index is 0.00421. The Balaban J connectivity index is 1.60. The van der Waals surface area contributed by atoms with Gasteiger partial charge in [0, 0.05) is 17.4 Å². The van der Waals surface area contributed by atoms with E-state index < -0.39 is 0 Å². The average molecular weight is 258 g/mol. The van der Waals surface area contributed by atoms with Crippen molar-refractivity contribution in [3.8, 4) is 0 Å². The number of fused-ring (bicyclic) bond motifs is 2. The van der Waals surface area contributed by atoms with E-state index in [0.29, 0.717) is 35.6 Å². The Morgan fingerprint density at radius 3 is 2.63 bits per heavy atom. The summed E-state index contributed by atoms with van der Waals surface area (Å²) in [6, 6.07) is 0.293. The molecule has 0 aromatic heterocycles. The zero-order chi connectivity index (χ0) is 13.2. The van der Waals surface area contributed by atoms with Crippen LogP contribution in [0.15, 0.2) is 24.3 Å². The normalized spacial score (nSPS) is 45.2. The number of rotatable bonds is 1. The summed E-state index contributed by atoms with van der Waals surface area (Å²) in [5.41, 5.74) is -0.00421. The molecule has 0 spiro atoms. The molecule has 102 valence electrons. The van der Waals surface area contributed by atoms with E-state index in [1.165, 1.54) is 0 Å². The van der Waals surface area contributed by atoms with Crippen molar-refractivity contribution < 1.29 is 4.79 Å². The van der Waals surface area contributed by atoms with Crippen LogP contribution in [0, 0.1) is 23.7 Å². The predicted molar refractivity (Wildman–Crippen MR) is 74.4 cm³/mol. The van der Waals surface area contributed by atoms with Crippen LogP contribution >= 0.6 is 0 Å². The van der Waals surface area contributed by atoms with Gasteiger partial charge in [0.15, 0.2) is 0 Å². The molecule has 3 nitrogen and oxygen atoms in total. The summed E-state index contributed by atoms with van der Waals surface area (Å²) in [5.74, 6) is 2.46. The summed E-state index contributed by atoms with van der Waals surface area (Å²) in [6.45, 7) is 6.53. The molecule has 0 aromatic rings. The number of hydrogen-bond acceptors (Lipinski definition) is 2. The molecular weight excluding hydrogens is 236 g/mol. The van der Waals surface area contributed by atoms with Gasteiger partial charge in [-0.15, -0.1) is 0 Å². The zero-order valence-corrected chi connectivity index (χ0v) is 11.7. The van der Waals surface area contributed by atoms with E-state index in [-0.39, 0.29) is 5.54 Å². The molecule has 2 heterocycles. The standard InChI is InChI=1S/C16H22N2O/c1-16(2)7-10-5-3-4-6-13(10)18(16)15(19)14-11-8-17-9-12(11)14/h3-6,10-14,17H,7-9H2,1-2H3/t10?,11-,12+,13?,14?. The first kappa shape index (κ1) is 11.7. The van der Waals surface area contributed by atoms with Crippen molar-refractivity contribution in [1.82, 2.24) is 10.2 Å². The lowest BCUT2D eigenvalue weighted by atomic mass is 9.92. The first-order valence-electron chi connectivity index (χ1n) is 7.48. The lowest BCUT2D eigenvalue weighted by molar-refractivity contribution is -0.138. The van der Waals surface area contributed by atoms with Gasteiger partial charge in [-0.25, -0.2) is 0 Å². The summed E-state index contributed by atoms with van der Waals surface area (Å²) >= 11 is 0. The van der Waals surface area contributed by atoms with Crippen molar-refractivity contribution in [2.75, 3.05) is 13.1 Å². The predicted octanol–water partition coefficient (Wildman–Crippen LogP) is 1.57. The summed E-state index contributed by atoms with van der Waals surface area (Å²) < 4.78 is 0. The van der Waals surface area contributed by atoms with Gasteiger partial charge in [0.25, 0.3) is 0 Å². The molecular formula is C16H22N2O. The van der Waals surface area contributed by atoms with Crippen molar-refractivity contribution in [1.29, 1.82) is 0 Å². The van der Waals surface area contributed by atoms with E-state index in [9.17, 15) is 4.79 Å². The van der Waals surface area contributed by atoms with E-state index >= 15 is 0 Å². The lowest BCUT2D eigenvalue weighted by Gasteiger charge is -2.36. The van der Waals surface area contributed by atoms with Gasteiger partial charge in [-0.1, -0.05) is 24.3 Å². The maximum absolute atomic E-state index is 12.9.